The number of methoxy groups -OCH3 is 1. The van der Waals surface area contributed by atoms with Crippen molar-refractivity contribution in [1.82, 2.24) is 10.0 Å². The van der Waals surface area contributed by atoms with Gasteiger partial charge in [0.15, 0.2) is 0 Å². The lowest BCUT2D eigenvalue weighted by Crippen LogP contribution is -2.42. The zero-order valence-corrected chi connectivity index (χ0v) is 17.6. The van der Waals surface area contributed by atoms with Gasteiger partial charge in [0.25, 0.3) is 5.91 Å². The van der Waals surface area contributed by atoms with Crippen LogP contribution in [0.15, 0.2) is 23.1 Å². The molecule has 4 rings (SSSR count). The first-order valence-corrected chi connectivity index (χ1v) is 11.8. The Morgan fingerprint density at radius 1 is 1.14 bits per heavy atom. The largest absolute Gasteiger partial charge is 0.495 e. The van der Waals surface area contributed by atoms with Crippen LogP contribution in [0.3, 0.4) is 0 Å². The summed E-state index contributed by atoms with van der Waals surface area (Å²) in [5, 5.41) is 3.20. The van der Waals surface area contributed by atoms with E-state index < -0.39 is 10.0 Å². The van der Waals surface area contributed by atoms with Gasteiger partial charge in [-0.3, -0.25) is 4.79 Å². The van der Waals surface area contributed by atoms with Gasteiger partial charge in [-0.15, -0.1) is 0 Å². The van der Waals surface area contributed by atoms with Gasteiger partial charge in [0.1, 0.15) is 10.6 Å². The lowest BCUT2D eigenvalue weighted by Gasteiger charge is -2.32. The van der Waals surface area contributed by atoms with Gasteiger partial charge in [0, 0.05) is 17.6 Å². The molecular formula is C21H30N2O4S. The topological polar surface area (TPSA) is 84.5 Å². The third kappa shape index (κ3) is 3.43. The molecule has 7 heteroatoms. The maximum Gasteiger partial charge on any atom is 0.251 e. The Bertz CT molecular complexity index is 867. The summed E-state index contributed by atoms with van der Waals surface area (Å²) < 4.78 is 33.1. The molecule has 3 aliphatic carbocycles. The van der Waals surface area contributed by atoms with E-state index in [1.54, 1.807) is 26.0 Å². The van der Waals surface area contributed by atoms with Crippen molar-refractivity contribution < 1.29 is 17.9 Å². The highest BCUT2D eigenvalue weighted by Gasteiger charge is 2.54. The number of fused-ring (bicyclic) bond motifs is 5. The molecule has 2 bridgehead atoms. The van der Waals surface area contributed by atoms with Gasteiger partial charge in [-0.05, 0) is 81.4 Å². The highest BCUT2D eigenvalue weighted by molar-refractivity contribution is 7.89. The highest BCUT2D eigenvalue weighted by atomic mass is 32.2. The molecule has 3 aliphatic rings. The first kappa shape index (κ1) is 19.7. The number of hydrogen-bond donors (Lipinski definition) is 2. The number of ether oxygens (including phenoxy) is 1. The molecule has 28 heavy (non-hydrogen) atoms. The Hall–Kier alpha value is -1.60. The Labute approximate surface area is 167 Å². The molecule has 6 nitrogen and oxygen atoms in total. The number of carbonyl (C=O) groups is 1. The van der Waals surface area contributed by atoms with E-state index in [9.17, 15) is 13.2 Å². The quantitative estimate of drug-likeness (QED) is 0.761. The second-order valence-electron chi connectivity index (χ2n) is 8.88. The van der Waals surface area contributed by atoms with Gasteiger partial charge in [-0.2, -0.15) is 0 Å². The summed E-state index contributed by atoms with van der Waals surface area (Å²) in [6.07, 6.45) is 6.28. The Morgan fingerprint density at radius 2 is 1.89 bits per heavy atom. The normalized spacial score (nSPS) is 31.2. The summed E-state index contributed by atoms with van der Waals surface area (Å²) in [6.45, 7) is 3.51. The number of hydrogen-bond acceptors (Lipinski definition) is 4. The zero-order valence-electron chi connectivity index (χ0n) is 16.8. The van der Waals surface area contributed by atoms with Crippen molar-refractivity contribution in [3.8, 4) is 5.75 Å². The highest BCUT2D eigenvalue weighted by Crippen LogP contribution is 2.58. The van der Waals surface area contributed by atoms with Crippen LogP contribution in [0.25, 0.3) is 0 Å². The monoisotopic (exact) mass is 406 g/mol. The fraction of sp³-hybridized carbons (Fsp3) is 0.667. The SMILES string of the molecule is COc1ccc(C(=O)N[C@@H]2C[C@H]3C[C@H]2[C@@H]2CCC[C@@H]32)cc1S(=O)(=O)NC(C)C. The molecule has 5 atom stereocenters. The number of amides is 1. The average molecular weight is 407 g/mol. The smallest absolute Gasteiger partial charge is 0.251 e. The Balaban J connectivity index is 1.53. The van der Waals surface area contributed by atoms with E-state index >= 15 is 0 Å². The van der Waals surface area contributed by atoms with E-state index in [-0.39, 0.29) is 28.6 Å². The molecular weight excluding hydrogens is 376 g/mol. The molecule has 2 N–H and O–H groups in total. The van der Waals surface area contributed by atoms with Crippen LogP contribution in [-0.2, 0) is 10.0 Å². The third-order valence-corrected chi connectivity index (χ3v) is 8.53. The lowest BCUT2D eigenvalue weighted by atomic mass is 9.79. The fourth-order valence-corrected chi connectivity index (χ4v) is 7.33. The number of benzene rings is 1. The van der Waals surface area contributed by atoms with Crippen molar-refractivity contribution in [3.63, 3.8) is 0 Å². The van der Waals surface area contributed by atoms with E-state index in [0.717, 1.165) is 24.2 Å². The molecule has 0 spiro atoms. The van der Waals surface area contributed by atoms with Crippen LogP contribution in [0.5, 0.6) is 5.75 Å². The molecule has 3 saturated carbocycles. The van der Waals surface area contributed by atoms with E-state index in [2.05, 4.69) is 10.0 Å². The second-order valence-corrected chi connectivity index (χ2v) is 10.6. The summed E-state index contributed by atoms with van der Waals surface area (Å²) in [6, 6.07) is 4.57. The van der Waals surface area contributed by atoms with Crippen LogP contribution in [0.1, 0.15) is 56.3 Å². The van der Waals surface area contributed by atoms with Crippen molar-refractivity contribution in [2.75, 3.05) is 7.11 Å². The first-order valence-electron chi connectivity index (χ1n) is 10.3. The van der Waals surface area contributed by atoms with Crippen molar-refractivity contribution in [2.45, 2.75) is 62.9 Å². The van der Waals surface area contributed by atoms with Crippen LogP contribution in [-0.4, -0.2) is 33.5 Å². The maximum absolute atomic E-state index is 12.9. The Morgan fingerprint density at radius 3 is 2.61 bits per heavy atom. The summed E-state index contributed by atoms with van der Waals surface area (Å²) in [5.74, 6) is 3.02. The lowest BCUT2D eigenvalue weighted by molar-refractivity contribution is 0.0901. The zero-order chi connectivity index (χ0) is 20.1. The van der Waals surface area contributed by atoms with Gasteiger partial charge < -0.3 is 10.1 Å². The molecule has 0 radical (unpaired) electrons. The molecule has 1 aromatic carbocycles. The van der Waals surface area contributed by atoms with Crippen LogP contribution >= 0.6 is 0 Å². The first-order chi connectivity index (χ1) is 13.3. The minimum Gasteiger partial charge on any atom is -0.495 e. The predicted molar refractivity (Wildman–Crippen MR) is 107 cm³/mol. The molecule has 0 unspecified atom stereocenters. The van der Waals surface area contributed by atoms with Crippen molar-refractivity contribution in [2.24, 2.45) is 23.7 Å². The average Bonchev–Trinajstić information content (AvgIpc) is 3.33. The van der Waals surface area contributed by atoms with Gasteiger partial charge in [0.2, 0.25) is 10.0 Å². The predicted octanol–water partition coefficient (Wildman–Crippen LogP) is 2.94. The molecule has 0 saturated heterocycles. The van der Waals surface area contributed by atoms with Crippen LogP contribution in [0.2, 0.25) is 0 Å². The molecule has 0 heterocycles. The number of rotatable bonds is 6. The number of sulfonamides is 1. The van der Waals surface area contributed by atoms with Gasteiger partial charge in [0.05, 0.1) is 7.11 Å². The van der Waals surface area contributed by atoms with Crippen molar-refractivity contribution >= 4 is 15.9 Å². The fourth-order valence-electron chi connectivity index (χ4n) is 5.89. The van der Waals surface area contributed by atoms with Gasteiger partial charge in [-0.25, -0.2) is 13.1 Å². The molecule has 1 amide bonds. The van der Waals surface area contributed by atoms with E-state index in [1.807, 2.05) is 0 Å². The van der Waals surface area contributed by atoms with E-state index in [0.29, 0.717) is 11.5 Å². The van der Waals surface area contributed by atoms with Crippen LogP contribution in [0.4, 0.5) is 0 Å². The number of carbonyl (C=O) groups excluding carboxylic acids is 1. The van der Waals surface area contributed by atoms with Crippen LogP contribution in [0, 0.1) is 23.7 Å². The van der Waals surface area contributed by atoms with Crippen molar-refractivity contribution in [3.05, 3.63) is 23.8 Å². The van der Waals surface area contributed by atoms with Gasteiger partial charge >= 0.3 is 0 Å². The third-order valence-electron chi connectivity index (χ3n) is 6.85. The van der Waals surface area contributed by atoms with Crippen LogP contribution < -0.4 is 14.8 Å². The molecule has 0 aliphatic heterocycles. The second kappa shape index (κ2) is 7.34. The molecule has 154 valence electrons. The minimum atomic E-state index is -3.76. The summed E-state index contributed by atoms with van der Waals surface area (Å²) in [7, 11) is -2.33. The summed E-state index contributed by atoms with van der Waals surface area (Å²) in [4.78, 5) is 12.9. The van der Waals surface area contributed by atoms with Crippen molar-refractivity contribution in [1.29, 1.82) is 0 Å². The summed E-state index contributed by atoms with van der Waals surface area (Å²) in [5.41, 5.74) is 0.357. The van der Waals surface area contributed by atoms with E-state index in [1.165, 1.54) is 38.9 Å². The van der Waals surface area contributed by atoms with Gasteiger partial charge in [-0.1, -0.05) is 6.42 Å². The molecule has 1 aromatic rings. The van der Waals surface area contributed by atoms with E-state index in [4.69, 9.17) is 4.74 Å². The standard InChI is InChI=1S/C21H30N2O4S/c1-12(2)23-28(25,26)20-11-13(7-8-19(20)27-3)21(24)22-18-10-14-9-17(18)16-6-4-5-15(14)16/h7-8,11-12,14-18,23H,4-6,9-10H2,1-3H3,(H,22,24)/t14-,15+,16-,17+,18-/m1/s1. The maximum atomic E-state index is 12.9. The Kier molecular flexibility index (Phi) is 5.16. The molecule has 3 fully saturated rings. The number of nitrogens with one attached hydrogen (secondary N) is 2. The summed E-state index contributed by atoms with van der Waals surface area (Å²) >= 11 is 0. The minimum absolute atomic E-state index is 0.000138. The molecule has 0 aromatic heterocycles.